The standard InChI is InChI=1S/C14H16F2O/c15-12-6-3-7-13(16)9(12)8-14(17)10-4-1-2-5-11(10)14/h3,6-7,10-11,17H,1-2,4-5,8H2. The highest BCUT2D eigenvalue weighted by molar-refractivity contribution is 5.26. The van der Waals surface area contributed by atoms with E-state index in [4.69, 9.17) is 0 Å². The average Bonchev–Trinajstić information content (AvgIpc) is 2.91. The molecule has 0 aliphatic heterocycles. The van der Waals surface area contributed by atoms with Crippen molar-refractivity contribution in [3.05, 3.63) is 35.4 Å². The van der Waals surface area contributed by atoms with Crippen molar-refractivity contribution in [3.63, 3.8) is 0 Å². The highest BCUT2D eigenvalue weighted by atomic mass is 19.1. The maximum atomic E-state index is 13.5. The van der Waals surface area contributed by atoms with Gasteiger partial charge in [0.1, 0.15) is 11.6 Å². The molecule has 3 heteroatoms. The first kappa shape index (κ1) is 11.1. The number of aliphatic hydroxyl groups is 1. The van der Waals surface area contributed by atoms with Crippen LogP contribution in [-0.2, 0) is 6.42 Å². The molecular weight excluding hydrogens is 222 g/mol. The van der Waals surface area contributed by atoms with Gasteiger partial charge in [0.2, 0.25) is 0 Å². The highest BCUT2D eigenvalue weighted by Gasteiger charge is 2.63. The number of hydrogen-bond donors (Lipinski definition) is 1. The summed E-state index contributed by atoms with van der Waals surface area (Å²) in [6.45, 7) is 0. The van der Waals surface area contributed by atoms with Gasteiger partial charge in [-0.25, -0.2) is 8.78 Å². The molecule has 17 heavy (non-hydrogen) atoms. The van der Waals surface area contributed by atoms with E-state index in [1.807, 2.05) is 0 Å². The third-order valence-electron chi connectivity index (χ3n) is 4.46. The number of rotatable bonds is 2. The van der Waals surface area contributed by atoms with Crippen LogP contribution in [0.15, 0.2) is 18.2 Å². The molecule has 0 saturated heterocycles. The molecule has 1 nitrogen and oxygen atoms in total. The van der Waals surface area contributed by atoms with Crippen LogP contribution in [0.25, 0.3) is 0 Å². The van der Waals surface area contributed by atoms with Crippen molar-refractivity contribution in [1.82, 2.24) is 0 Å². The Morgan fingerprint density at radius 1 is 1.12 bits per heavy atom. The Balaban J connectivity index is 1.84. The van der Waals surface area contributed by atoms with Gasteiger partial charge in [-0.2, -0.15) is 0 Å². The van der Waals surface area contributed by atoms with E-state index < -0.39 is 17.2 Å². The molecule has 2 unspecified atom stereocenters. The lowest BCUT2D eigenvalue weighted by Crippen LogP contribution is -2.18. The molecule has 0 radical (unpaired) electrons. The van der Waals surface area contributed by atoms with Crippen LogP contribution in [0.2, 0.25) is 0 Å². The summed E-state index contributed by atoms with van der Waals surface area (Å²) >= 11 is 0. The Morgan fingerprint density at radius 2 is 1.65 bits per heavy atom. The van der Waals surface area contributed by atoms with E-state index in [9.17, 15) is 13.9 Å². The highest BCUT2D eigenvalue weighted by Crippen LogP contribution is 2.60. The van der Waals surface area contributed by atoms with E-state index in [0.717, 1.165) is 25.7 Å². The normalized spacial score (nSPS) is 35.5. The predicted octanol–water partition coefficient (Wildman–Crippen LogP) is 3.06. The van der Waals surface area contributed by atoms with Crippen molar-refractivity contribution < 1.29 is 13.9 Å². The fourth-order valence-electron chi connectivity index (χ4n) is 3.47. The van der Waals surface area contributed by atoms with Crippen molar-refractivity contribution in [3.8, 4) is 0 Å². The molecule has 2 saturated carbocycles. The number of hydrogen-bond acceptors (Lipinski definition) is 1. The van der Waals surface area contributed by atoms with Gasteiger partial charge in [-0.1, -0.05) is 18.9 Å². The van der Waals surface area contributed by atoms with Crippen molar-refractivity contribution in [1.29, 1.82) is 0 Å². The monoisotopic (exact) mass is 238 g/mol. The molecule has 2 aliphatic carbocycles. The van der Waals surface area contributed by atoms with Crippen LogP contribution in [0.3, 0.4) is 0 Å². The van der Waals surface area contributed by atoms with Gasteiger partial charge >= 0.3 is 0 Å². The second-order valence-electron chi connectivity index (χ2n) is 5.37. The fourth-order valence-corrected chi connectivity index (χ4v) is 3.47. The summed E-state index contributed by atoms with van der Waals surface area (Å²) in [7, 11) is 0. The number of fused-ring (bicyclic) bond motifs is 1. The SMILES string of the molecule is OC1(Cc2c(F)cccc2F)C2CCCCC21. The average molecular weight is 238 g/mol. The second-order valence-corrected chi connectivity index (χ2v) is 5.37. The molecule has 2 aliphatic rings. The molecule has 1 aromatic rings. The summed E-state index contributed by atoms with van der Waals surface area (Å²) < 4.78 is 27.1. The van der Waals surface area contributed by atoms with E-state index in [1.54, 1.807) is 0 Å². The molecule has 92 valence electrons. The summed E-state index contributed by atoms with van der Waals surface area (Å²) in [5.41, 5.74) is -0.802. The van der Waals surface area contributed by atoms with E-state index in [1.165, 1.54) is 18.2 Å². The first-order valence-electron chi connectivity index (χ1n) is 6.28. The van der Waals surface area contributed by atoms with Gasteiger partial charge in [0.05, 0.1) is 5.60 Å². The largest absolute Gasteiger partial charge is 0.389 e. The van der Waals surface area contributed by atoms with Gasteiger partial charge in [0, 0.05) is 12.0 Å². The third-order valence-corrected chi connectivity index (χ3v) is 4.46. The molecule has 3 rings (SSSR count). The molecule has 0 aromatic heterocycles. The van der Waals surface area contributed by atoms with Gasteiger partial charge in [-0.3, -0.25) is 0 Å². The van der Waals surface area contributed by atoms with Crippen LogP contribution in [0.4, 0.5) is 8.78 Å². The summed E-state index contributed by atoms with van der Waals surface area (Å²) in [4.78, 5) is 0. The van der Waals surface area contributed by atoms with Crippen LogP contribution in [-0.4, -0.2) is 10.7 Å². The Bertz CT molecular complexity index is 412. The van der Waals surface area contributed by atoms with Crippen molar-refractivity contribution >= 4 is 0 Å². The summed E-state index contributed by atoms with van der Waals surface area (Å²) in [6, 6.07) is 3.87. The molecule has 2 atom stereocenters. The van der Waals surface area contributed by atoms with Gasteiger partial charge < -0.3 is 5.11 Å². The quantitative estimate of drug-likeness (QED) is 0.839. The van der Waals surface area contributed by atoms with Gasteiger partial charge in [-0.05, 0) is 36.8 Å². The zero-order valence-corrected chi connectivity index (χ0v) is 9.63. The first-order valence-corrected chi connectivity index (χ1v) is 6.28. The third kappa shape index (κ3) is 1.68. The maximum Gasteiger partial charge on any atom is 0.129 e. The van der Waals surface area contributed by atoms with Crippen molar-refractivity contribution in [2.45, 2.75) is 37.7 Å². The smallest absolute Gasteiger partial charge is 0.129 e. The van der Waals surface area contributed by atoms with Crippen LogP contribution >= 0.6 is 0 Å². The zero-order chi connectivity index (χ0) is 12.0. The van der Waals surface area contributed by atoms with Crippen molar-refractivity contribution in [2.75, 3.05) is 0 Å². The van der Waals surface area contributed by atoms with E-state index in [-0.39, 0.29) is 23.8 Å². The molecule has 1 N–H and O–H groups in total. The lowest BCUT2D eigenvalue weighted by atomic mass is 10.0. The summed E-state index contributed by atoms with van der Waals surface area (Å²) in [6.07, 6.45) is 4.38. The molecule has 2 fully saturated rings. The molecular formula is C14H16F2O. The minimum absolute atomic E-state index is 0.0457. The Labute approximate surface area is 99.5 Å². The minimum Gasteiger partial charge on any atom is -0.389 e. The van der Waals surface area contributed by atoms with Gasteiger partial charge in [0.25, 0.3) is 0 Å². The number of benzene rings is 1. The van der Waals surface area contributed by atoms with E-state index in [0.29, 0.717) is 0 Å². The fraction of sp³-hybridized carbons (Fsp3) is 0.571. The van der Waals surface area contributed by atoms with Crippen LogP contribution in [0.5, 0.6) is 0 Å². The Kier molecular flexibility index (Phi) is 2.47. The van der Waals surface area contributed by atoms with E-state index >= 15 is 0 Å². The van der Waals surface area contributed by atoms with Crippen molar-refractivity contribution in [2.24, 2.45) is 11.8 Å². The molecule has 0 amide bonds. The zero-order valence-electron chi connectivity index (χ0n) is 9.63. The molecule has 0 spiro atoms. The molecule has 0 heterocycles. The Hall–Kier alpha value is -0.960. The Morgan fingerprint density at radius 3 is 2.18 bits per heavy atom. The topological polar surface area (TPSA) is 20.2 Å². The maximum absolute atomic E-state index is 13.5. The lowest BCUT2D eigenvalue weighted by Gasteiger charge is -2.12. The second kappa shape index (κ2) is 3.77. The molecule has 0 bridgehead atoms. The van der Waals surface area contributed by atoms with Crippen LogP contribution < -0.4 is 0 Å². The first-order chi connectivity index (χ1) is 8.13. The van der Waals surface area contributed by atoms with Crippen LogP contribution in [0, 0.1) is 23.5 Å². The predicted molar refractivity (Wildman–Crippen MR) is 60.5 cm³/mol. The minimum atomic E-state index is -0.848. The van der Waals surface area contributed by atoms with Crippen LogP contribution in [0.1, 0.15) is 31.2 Å². The molecule has 1 aromatic carbocycles. The summed E-state index contributed by atoms with van der Waals surface area (Å²) in [5, 5.41) is 10.5. The number of halogens is 2. The summed E-state index contributed by atoms with van der Waals surface area (Å²) in [5.74, 6) is -0.561. The van der Waals surface area contributed by atoms with Gasteiger partial charge in [0.15, 0.2) is 0 Å². The van der Waals surface area contributed by atoms with Gasteiger partial charge in [-0.15, -0.1) is 0 Å². The van der Waals surface area contributed by atoms with E-state index in [2.05, 4.69) is 0 Å². The lowest BCUT2D eigenvalue weighted by molar-refractivity contribution is 0.116.